The summed E-state index contributed by atoms with van der Waals surface area (Å²) in [6, 6.07) is 18.9. The van der Waals surface area contributed by atoms with Crippen LogP contribution in [-0.4, -0.2) is 42.2 Å². The van der Waals surface area contributed by atoms with Crippen molar-refractivity contribution in [3.63, 3.8) is 0 Å². The highest BCUT2D eigenvalue weighted by Gasteiger charge is 2.26. The highest BCUT2D eigenvalue weighted by Crippen LogP contribution is 2.30. The molecule has 2 aromatic carbocycles. The summed E-state index contributed by atoms with van der Waals surface area (Å²) >= 11 is 6.24. The number of fused-ring (bicyclic) bond motifs is 1. The molecule has 7 heteroatoms. The number of furan rings is 1. The predicted molar refractivity (Wildman–Crippen MR) is 131 cm³/mol. The molecule has 0 radical (unpaired) electrons. The molecule has 5 rings (SSSR count). The van der Waals surface area contributed by atoms with Crippen LogP contribution < -0.4 is 4.74 Å². The Kier molecular flexibility index (Phi) is 6.52. The third kappa shape index (κ3) is 4.79. The van der Waals surface area contributed by atoms with Crippen LogP contribution in [0.1, 0.15) is 29.0 Å². The zero-order valence-electron chi connectivity index (χ0n) is 18.9. The van der Waals surface area contributed by atoms with Crippen LogP contribution in [-0.2, 0) is 11.3 Å². The third-order valence-corrected chi connectivity index (χ3v) is 6.29. The van der Waals surface area contributed by atoms with Gasteiger partial charge in [0.05, 0.1) is 30.7 Å². The lowest BCUT2D eigenvalue weighted by Gasteiger charge is -2.26. The molecule has 1 atom stereocenters. The normalized spacial score (nSPS) is 15.5. The lowest BCUT2D eigenvalue weighted by atomic mass is 10.0. The van der Waals surface area contributed by atoms with E-state index in [9.17, 15) is 4.79 Å². The van der Waals surface area contributed by atoms with Crippen LogP contribution in [0, 0.1) is 0 Å². The molecule has 1 aliphatic rings. The molecule has 0 aliphatic carbocycles. The molecule has 1 amide bonds. The molecule has 0 bridgehead atoms. The van der Waals surface area contributed by atoms with Crippen LogP contribution in [0.25, 0.3) is 22.2 Å². The van der Waals surface area contributed by atoms with E-state index < -0.39 is 0 Å². The minimum absolute atomic E-state index is 0.00979. The van der Waals surface area contributed by atoms with Gasteiger partial charge in [-0.2, -0.15) is 0 Å². The molecule has 2 aromatic heterocycles. The van der Waals surface area contributed by atoms with Crippen LogP contribution in [0.4, 0.5) is 0 Å². The first kappa shape index (κ1) is 22.4. The quantitative estimate of drug-likeness (QED) is 0.328. The zero-order valence-corrected chi connectivity index (χ0v) is 19.6. The minimum Gasteiger partial charge on any atom is -0.497 e. The van der Waals surface area contributed by atoms with Crippen molar-refractivity contribution in [2.45, 2.75) is 25.5 Å². The Hall–Kier alpha value is -3.35. The summed E-state index contributed by atoms with van der Waals surface area (Å²) in [5.41, 5.74) is 3.45. The van der Waals surface area contributed by atoms with E-state index in [0.29, 0.717) is 23.9 Å². The number of halogens is 1. The van der Waals surface area contributed by atoms with Crippen LogP contribution in [0.15, 0.2) is 71.3 Å². The number of ether oxygens (including phenoxy) is 2. The first-order valence-corrected chi connectivity index (χ1v) is 11.7. The Morgan fingerprint density at radius 3 is 2.74 bits per heavy atom. The first-order chi connectivity index (χ1) is 16.6. The largest absolute Gasteiger partial charge is 0.497 e. The number of carbonyl (C=O) groups is 1. The second-order valence-electron chi connectivity index (χ2n) is 8.36. The maximum atomic E-state index is 13.4. The van der Waals surface area contributed by atoms with Crippen LogP contribution in [0.2, 0.25) is 5.02 Å². The molecular formula is C27H25ClN2O4. The van der Waals surface area contributed by atoms with Crippen molar-refractivity contribution in [3.05, 3.63) is 83.3 Å². The molecule has 34 heavy (non-hydrogen) atoms. The predicted octanol–water partition coefficient (Wildman–Crippen LogP) is 5.98. The van der Waals surface area contributed by atoms with Crippen LogP contribution in [0.3, 0.4) is 0 Å². The number of pyridine rings is 1. The van der Waals surface area contributed by atoms with Gasteiger partial charge in [-0.05, 0) is 73.0 Å². The van der Waals surface area contributed by atoms with Crippen molar-refractivity contribution in [2.75, 3.05) is 20.3 Å². The summed E-state index contributed by atoms with van der Waals surface area (Å²) in [5.74, 6) is 0.907. The van der Waals surface area contributed by atoms with E-state index in [1.54, 1.807) is 24.1 Å². The summed E-state index contributed by atoms with van der Waals surface area (Å²) < 4.78 is 16.6. The number of carbonyl (C=O) groups excluding carboxylic acids is 1. The number of amides is 1. The molecule has 0 N–H and O–H groups in total. The van der Waals surface area contributed by atoms with Gasteiger partial charge < -0.3 is 18.8 Å². The molecule has 0 saturated carbocycles. The fourth-order valence-electron chi connectivity index (χ4n) is 4.32. The molecule has 0 spiro atoms. The van der Waals surface area contributed by atoms with Gasteiger partial charge in [0.1, 0.15) is 5.75 Å². The van der Waals surface area contributed by atoms with Gasteiger partial charge in [0, 0.05) is 35.7 Å². The lowest BCUT2D eigenvalue weighted by molar-refractivity contribution is 0.0484. The third-order valence-electron chi connectivity index (χ3n) is 6.05. The van der Waals surface area contributed by atoms with Gasteiger partial charge in [-0.15, -0.1) is 0 Å². The number of methoxy groups -OCH3 is 1. The Morgan fingerprint density at radius 1 is 1.18 bits per heavy atom. The van der Waals surface area contributed by atoms with E-state index in [-0.39, 0.29) is 12.0 Å². The highest BCUT2D eigenvalue weighted by atomic mass is 35.5. The van der Waals surface area contributed by atoms with Crippen molar-refractivity contribution >= 4 is 28.4 Å². The minimum atomic E-state index is -0.169. The van der Waals surface area contributed by atoms with E-state index in [1.807, 2.05) is 42.5 Å². The van der Waals surface area contributed by atoms with Gasteiger partial charge in [-0.3, -0.25) is 4.79 Å². The van der Waals surface area contributed by atoms with Gasteiger partial charge in [0.15, 0.2) is 5.76 Å². The summed E-state index contributed by atoms with van der Waals surface area (Å²) in [7, 11) is 1.64. The Labute approximate surface area is 203 Å². The van der Waals surface area contributed by atoms with Gasteiger partial charge in [-0.1, -0.05) is 17.7 Å². The molecule has 1 aliphatic heterocycles. The van der Waals surface area contributed by atoms with E-state index in [4.69, 9.17) is 30.5 Å². The summed E-state index contributed by atoms with van der Waals surface area (Å²) in [5, 5.41) is 1.58. The van der Waals surface area contributed by atoms with Crippen molar-refractivity contribution in [2.24, 2.45) is 0 Å². The van der Waals surface area contributed by atoms with E-state index in [1.165, 1.54) is 6.26 Å². The topological polar surface area (TPSA) is 64.8 Å². The molecule has 4 aromatic rings. The number of nitrogens with zero attached hydrogens (tertiary/aromatic N) is 2. The lowest BCUT2D eigenvalue weighted by Crippen LogP contribution is -2.37. The van der Waals surface area contributed by atoms with Crippen molar-refractivity contribution in [3.8, 4) is 17.0 Å². The van der Waals surface area contributed by atoms with Crippen LogP contribution >= 0.6 is 11.6 Å². The van der Waals surface area contributed by atoms with Crippen molar-refractivity contribution in [1.82, 2.24) is 9.88 Å². The smallest absolute Gasteiger partial charge is 0.289 e. The SMILES string of the molecule is COc1ccc(-c2nc3cc(Cl)ccc3cc2CN(C[C@@H]2CCCO2)C(=O)c2ccco2)cc1. The molecule has 1 saturated heterocycles. The maximum absolute atomic E-state index is 13.4. The number of hydrogen-bond acceptors (Lipinski definition) is 5. The second-order valence-corrected chi connectivity index (χ2v) is 8.80. The molecule has 3 heterocycles. The average Bonchev–Trinajstić information content (AvgIpc) is 3.58. The molecule has 0 unspecified atom stereocenters. The van der Waals surface area contributed by atoms with Gasteiger partial charge >= 0.3 is 0 Å². The second kappa shape index (κ2) is 9.87. The van der Waals surface area contributed by atoms with E-state index in [0.717, 1.165) is 52.9 Å². The maximum Gasteiger partial charge on any atom is 0.289 e. The fraction of sp³-hybridized carbons (Fsp3) is 0.259. The fourth-order valence-corrected chi connectivity index (χ4v) is 4.48. The standard InChI is InChI=1S/C27H25ClN2O4/c1-32-22-10-7-18(8-11-22)26-20(14-19-6-9-21(28)15-24(19)29-26)16-30(17-23-4-2-12-33-23)27(31)25-5-3-13-34-25/h3,5-11,13-15,23H,2,4,12,16-17H2,1H3/t23-/m0/s1. The summed E-state index contributed by atoms with van der Waals surface area (Å²) in [4.78, 5) is 20.1. The molecular weight excluding hydrogens is 452 g/mol. The number of aromatic nitrogens is 1. The Bertz CT molecular complexity index is 1280. The Balaban J connectivity index is 1.57. The number of hydrogen-bond donors (Lipinski definition) is 0. The molecule has 1 fully saturated rings. The molecule has 174 valence electrons. The van der Waals surface area contributed by atoms with Crippen molar-refractivity contribution in [1.29, 1.82) is 0 Å². The summed E-state index contributed by atoms with van der Waals surface area (Å²) in [6.07, 6.45) is 3.46. The van der Waals surface area contributed by atoms with Crippen molar-refractivity contribution < 1.29 is 18.7 Å². The van der Waals surface area contributed by atoms with E-state index >= 15 is 0 Å². The van der Waals surface area contributed by atoms with Gasteiger partial charge in [0.25, 0.3) is 5.91 Å². The zero-order chi connectivity index (χ0) is 23.5. The van der Waals surface area contributed by atoms with Crippen LogP contribution in [0.5, 0.6) is 5.75 Å². The average molecular weight is 477 g/mol. The Morgan fingerprint density at radius 2 is 2.03 bits per heavy atom. The van der Waals surface area contributed by atoms with Gasteiger partial charge in [-0.25, -0.2) is 4.98 Å². The van der Waals surface area contributed by atoms with Gasteiger partial charge in [0.2, 0.25) is 0 Å². The number of rotatable bonds is 7. The molecule has 6 nitrogen and oxygen atoms in total. The highest BCUT2D eigenvalue weighted by molar-refractivity contribution is 6.31. The van der Waals surface area contributed by atoms with E-state index in [2.05, 4.69) is 6.07 Å². The summed E-state index contributed by atoms with van der Waals surface area (Å²) in [6.45, 7) is 1.58. The number of benzene rings is 2. The first-order valence-electron chi connectivity index (χ1n) is 11.3. The monoisotopic (exact) mass is 476 g/mol.